The molecule has 0 saturated carbocycles. The second-order valence-electron chi connectivity index (χ2n) is 8.51. The molecular formula is C25H24N4O5S. The number of carbonyl (C=O) groups is 3. The van der Waals surface area contributed by atoms with E-state index in [1.54, 1.807) is 14.0 Å². The van der Waals surface area contributed by atoms with Gasteiger partial charge in [-0.05, 0) is 29.2 Å². The largest absolute Gasteiger partial charge is 0.480 e. The number of carboxylic acids is 1. The molecule has 2 aliphatic rings. The fraction of sp³-hybridized carbons (Fsp3) is 0.280. The SMILES string of the molecule is CC1SCC(C(=O)O)N1C(=O)c1nn(C)cc1NC(=O)OCC1c2ccccc2-c2ccccc21. The lowest BCUT2D eigenvalue weighted by Crippen LogP contribution is -2.45. The lowest BCUT2D eigenvalue weighted by Gasteiger charge is -2.24. The molecule has 9 nitrogen and oxygen atoms in total. The number of aryl methyl sites for hydroxylation is 1. The van der Waals surface area contributed by atoms with Gasteiger partial charge >= 0.3 is 12.1 Å². The van der Waals surface area contributed by atoms with Crippen LogP contribution in [0.2, 0.25) is 0 Å². The number of benzene rings is 2. The van der Waals surface area contributed by atoms with Crippen LogP contribution in [0.25, 0.3) is 11.1 Å². The fourth-order valence-electron chi connectivity index (χ4n) is 4.75. The summed E-state index contributed by atoms with van der Waals surface area (Å²) in [5.41, 5.74) is 4.59. The lowest BCUT2D eigenvalue weighted by atomic mass is 9.98. The quantitative estimate of drug-likeness (QED) is 0.557. The molecule has 2 aromatic carbocycles. The van der Waals surface area contributed by atoms with Gasteiger partial charge in [0.25, 0.3) is 5.91 Å². The number of aromatic nitrogens is 2. The second kappa shape index (κ2) is 9.10. The van der Waals surface area contributed by atoms with E-state index in [-0.39, 0.29) is 29.3 Å². The Balaban J connectivity index is 1.31. The van der Waals surface area contributed by atoms with Crippen molar-refractivity contribution in [2.45, 2.75) is 24.3 Å². The van der Waals surface area contributed by atoms with Gasteiger partial charge in [0.1, 0.15) is 12.6 Å². The number of rotatable bonds is 5. The van der Waals surface area contributed by atoms with Gasteiger partial charge in [-0.25, -0.2) is 9.59 Å². The predicted octanol–water partition coefficient (Wildman–Crippen LogP) is 3.77. The van der Waals surface area contributed by atoms with Crippen LogP contribution in [-0.2, 0) is 16.6 Å². The number of anilines is 1. The normalized spacial score (nSPS) is 18.7. The van der Waals surface area contributed by atoms with Crippen LogP contribution in [-0.4, -0.2) is 61.5 Å². The third kappa shape index (κ3) is 4.14. The van der Waals surface area contributed by atoms with Gasteiger partial charge in [-0.1, -0.05) is 48.5 Å². The highest BCUT2D eigenvalue weighted by Crippen LogP contribution is 2.44. The molecule has 1 fully saturated rings. The second-order valence-corrected chi connectivity index (χ2v) is 9.86. The van der Waals surface area contributed by atoms with Crippen LogP contribution in [0, 0.1) is 0 Å². The van der Waals surface area contributed by atoms with Crippen molar-refractivity contribution in [2.24, 2.45) is 7.05 Å². The maximum absolute atomic E-state index is 13.2. The van der Waals surface area contributed by atoms with Crippen LogP contribution in [0.5, 0.6) is 0 Å². The van der Waals surface area contributed by atoms with E-state index in [4.69, 9.17) is 4.74 Å². The number of carboxylic acid groups (broad SMARTS) is 1. The maximum Gasteiger partial charge on any atom is 0.411 e. The monoisotopic (exact) mass is 492 g/mol. The Morgan fingerprint density at radius 1 is 1.11 bits per heavy atom. The van der Waals surface area contributed by atoms with Crippen molar-refractivity contribution in [3.63, 3.8) is 0 Å². The average molecular weight is 493 g/mol. The summed E-state index contributed by atoms with van der Waals surface area (Å²) in [4.78, 5) is 38.9. The smallest absolute Gasteiger partial charge is 0.411 e. The molecule has 180 valence electrons. The van der Waals surface area contributed by atoms with Crippen LogP contribution in [0.1, 0.15) is 34.5 Å². The molecule has 0 bridgehead atoms. The first kappa shape index (κ1) is 23.0. The summed E-state index contributed by atoms with van der Waals surface area (Å²) >= 11 is 1.38. The first-order valence-electron chi connectivity index (χ1n) is 11.2. The average Bonchev–Trinajstić information content (AvgIpc) is 3.50. The summed E-state index contributed by atoms with van der Waals surface area (Å²) < 4.78 is 6.98. The zero-order valence-electron chi connectivity index (χ0n) is 19.2. The molecule has 3 aromatic rings. The lowest BCUT2D eigenvalue weighted by molar-refractivity contribution is -0.141. The van der Waals surface area contributed by atoms with E-state index in [1.807, 2.05) is 36.4 Å². The minimum absolute atomic E-state index is 0.0263. The molecule has 1 aromatic heterocycles. The summed E-state index contributed by atoms with van der Waals surface area (Å²) in [6.45, 7) is 1.90. The number of thioether (sulfide) groups is 1. The number of carbonyl (C=O) groups excluding carboxylic acids is 2. The van der Waals surface area contributed by atoms with E-state index >= 15 is 0 Å². The number of hydrogen-bond acceptors (Lipinski definition) is 6. The van der Waals surface area contributed by atoms with Crippen LogP contribution >= 0.6 is 11.8 Å². The van der Waals surface area contributed by atoms with E-state index in [0.29, 0.717) is 5.75 Å². The molecule has 1 aliphatic carbocycles. The molecule has 2 amide bonds. The topological polar surface area (TPSA) is 114 Å². The Kier molecular flexibility index (Phi) is 5.98. The number of hydrogen-bond donors (Lipinski definition) is 2. The first-order chi connectivity index (χ1) is 16.8. The Hall–Kier alpha value is -3.79. The van der Waals surface area contributed by atoms with Gasteiger partial charge in [0.05, 0.1) is 11.1 Å². The highest BCUT2D eigenvalue weighted by atomic mass is 32.2. The molecule has 1 aliphatic heterocycles. The third-order valence-electron chi connectivity index (χ3n) is 6.35. The molecule has 10 heteroatoms. The van der Waals surface area contributed by atoms with E-state index in [2.05, 4.69) is 22.5 Å². The van der Waals surface area contributed by atoms with E-state index in [9.17, 15) is 19.5 Å². The van der Waals surface area contributed by atoms with E-state index in [1.165, 1.54) is 27.5 Å². The summed E-state index contributed by atoms with van der Waals surface area (Å²) in [5.74, 6) is -1.42. The Labute approximate surface area is 206 Å². The standard InChI is InChI=1S/C25H24N4O5S/c1-14-29(21(13-35-14)24(31)32)23(30)22-20(11-28(2)27-22)26-25(33)34-12-19-17-9-5-3-7-15(17)16-8-4-6-10-18(16)19/h3-11,14,19,21H,12-13H2,1-2H3,(H,26,33)(H,31,32). The first-order valence-corrected chi connectivity index (χ1v) is 12.2. The summed E-state index contributed by atoms with van der Waals surface area (Å²) in [5, 5.41) is 16.0. The van der Waals surface area contributed by atoms with Crippen molar-refractivity contribution in [1.29, 1.82) is 0 Å². The molecule has 2 unspecified atom stereocenters. The minimum atomic E-state index is -1.07. The highest BCUT2D eigenvalue weighted by molar-refractivity contribution is 8.00. The molecule has 0 spiro atoms. The van der Waals surface area contributed by atoms with Crippen molar-refractivity contribution in [3.8, 4) is 11.1 Å². The Morgan fingerprint density at radius 2 is 1.74 bits per heavy atom. The zero-order valence-corrected chi connectivity index (χ0v) is 20.0. The fourth-order valence-corrected chi connectivity index (χ4v) is 5.91. The van der Waals surface area contributed by atoms with Crippen molar-refractivity contribution in [1.82, 2.24) is 14.7 Å². The number of aliphatic carboxylic acids is 1. The predicted molar refractivity (Wildman–Crippen MR) is 131 cm³/mol. The van der Waals surface area contributed by atoms with Crippen molar-refractivity contribution >= 4 is 35.4 Å². The van der Waals surface area contributed by atoms with Crippen LogP contribution in [0.15, 0.2) is 54.7 Å². The highest BCUT2D eigenvalue weighted by Gasteiger charge is 2.41. The number of nitrogens with one attached hydrogen (secondary N) is 1. The molecule has 2 heterocycles. The van der Waals surface area contributed by atoms with Crippen LogP contribution in [0.3, 0.4) is 0 Å². The number of ether oxygens (including phenoxy) is 1. The van der Waals surface area contributed by atoms with Crippen molar-refractivity contribution in [2.75, 3.05) is 17.7 Å². The van der Waals surface area contributed by atoms with E-state index in [0.717, 1.165) is 22.3 Å². The maximum atomic E-state index is 13.2. The minimum Gasteiger partial charge on any atom is -0.480 e. The molecule has 35 heavy (non-hydrogen) atoms. The molecule has 1 saturated heterocycles. The van der Waals surface area contributed by atoms with Gasteiger partial charge in [0, 0.05) is 24.9 Å². The van der Waals surface area contributed by atoms with Gasteiger partial charge in [0.15, 0.2) is 5.69 Å². The zero-order chi connectivity index (χ0) is 24.7. The van der Waals surface area contributed by atoms with E-state index < -0.39 is 24.0 Å². The number of amides is 2. The van der Waals surface area contributed by atoms with Crippen molar-refractivity contribution in [3.05, 3.63) is 71.5 Å². The Bertz CT molecular complexity index is 1280. The summed E-state index contributed by atoms with van der Waals surface area (Å²) in [6, 6.07) is 15.1. The Morgan fingerprint density at radius 3 is 2.37 bits per heavy atom. The number of nitrogens with zero attached hydrogens (tertiary/aromatic N) is 3. The summed E-state index contributed by atoms with van der Waals surface area (Å²) in [7, 11) is 1.62. The van der Waals surface area contributed by atoms with Crippen LogP contribution < -0.4 is 5.32 Å². The molecule has 5 rings (SSSR count). The molecule has 2 N–H and O–H groups in total. The van der Waals surface area contributed by atoms with Gasteiger partial charge in [-0.3, -0.25) is 14.8 Å². The van der Waals surface area contributed by atoms with Gasteiger partial charge in [-0.2, -0.15) is 5.10 Å². The van der Waals surface area contributed by atoms with Gasteiger partial charge in [0.2, 0.25) is 0 Å². The van der Waals surface area contributed by atoms with Gasteiger partial charge < -0.3 is 14.7 Å². The molecule has 0 radical (unpaired) electrons. The third-order valence-corrected chi connectivity index (χ3v) is 7.57. The summed E-state index contributed by atoms with van der Waals surface area (Å²) in [6.07, 6.45) is 0.783. The molecule has 2 atom stereocenters. The number of fused-ring (bicyclic) bond motifs is 3. The molecular weight excluding hydrogens is 468 g/mol. The van der Waals surface area contributed by atoms with Crippen molar-refractivity contribution < 1.29 is 24.2 Å². The van der Waals surface area contributed by atoms with Crippen LogP contribution in [0.4, 0.5) is 10.5 Å². The van der Waals surface area contributed by atoms with Gasteiger partial charge in [-0.15, -0.1) is 11.8 Å².